The van der Waals surface area contributed by atoms with E-state index in [0.717, 1.165) is 38.0 Å². The number of anilines is 2. The molecule has 5 nitrogen and oxygen atoms in total. The van der Waals surface area contributed by atoms with Gasteiger partial charge in [-0.2, -0.15) is 0 Å². The van der Waals surface area contributed by atoms with Crippen LogP contribution in [0.25, 0.3) is 0 Å². The van der Waals surface area contributed by atoms with Gasteiger partial charge in [0, 0.05) is 19.7 Å². The number of nitrogen functional groups attached to an aromatic ring is 1. The first-order valence-electron chi connectivity index (χ1n) is 6.60. The van der Waals surface area contributed by atoms with Crippen LogP contribution in [0.5, 0.6) is 0 Å². The Balaban J connectivity index is 2.15. The Morgan fingerprint density at radius 1 is 1.47 bits per heavy atom. The van der Waals surface area contributed by atoms with Crippen molar-refractivity contribution < 1.29 is 15.0 Å². The molecule has 0 bridgehead atoms. The number of carboxylic acids is 1. The van der Waals surface area contributed by atoms with Crippen molar-refractivity contribution in [2.75, 3.05) is 30.3 Å². The van der Waals surface area contributed by atoms with E-state index in [2.05, 4.69) is 4.90 Å². The lowest BCUT2D eigenvalue weighted by Crippen LogP contribution is -2.36. The molecule has 0 spiro atoms. The van der Waals surface area contributed by atoms with Crippen LogP contribution >= 0.6 is 0 Å². The van der Waals surface area contributed by atoms with E-state index in [1.807, 2.05) is 0 Å². The summed E-state index contributed by atoms with van der Waals surface area (Å²) in [5.74, 6) is -0.479. The van der Waals surface area contributed by atoms with E-state index in [9.17, 15) is 4.79 Å². The number of hydrogen-bond acceptors (Lipinski definition) is 4. The molecule has 1 saturated heterocycles. The number of carbonyl (C=O) groups is 1. The van der Waals surface area contributed by atoms with Crippen molar-refractivity contribution in [1.29, 1.82) is 0 Å². The van der Waals surface area contributed by atoms with Crippen molar-refractivity contribution in [3.63, 3.8) is 0 Å². The lowest BCUT2D eigenvalue weighted by Gasteiger charge is -2.35. The van der Waals surface area contributed by atoms with Crippen molar-refractivity contribution >= 4 is 17.3 Å². The lowest BCUT2D eigenvalue weighted by atomic mass is 9.94. The van der Waals surface area contributed by atoms with Crippen molar-refractivity contribution in [3.8, 4) is 0 Å². The second-order valence-electron chi connectivity index (χ2n) is 5.05. The van der Waals surface area contributed by atoms with Crippen LogP contribution in [0.2, 0.25) is 0 Å². The maximum atomic E-state index is 10.9. The molecule has 1 aromatic carbocycles. The molecule has 1 aromatic rings. The largest absolute Gasteiger partial charge is 0.478 e. The number of piperidine rings is 1. The maximum absolute atomic E-state index is 10.9. The molecule has 19 heavy (non-hydrogen) atoms. The van der Waals surface area contributed by atoms with Crippen molar-refractivity contribution in [1.82, 2.24) is 0 Å². The van der Waals surface area contributed by atoms with Gasteiger partial charge < -0.3 is 20.8 Å². The zero-order valence-electron chi connectivity index (χ0n) is 10.9. The molecule has 0 amide bonds. The van der Waals surface area contributed by atoms with E-state index in [1.54, 1.807) is 12.1 Å². The Hall–Kier alpha value is -1.75. The van der Waals surface area contributed by atoms with Crippen molar-refractivity contribution in [2.45, 2.75) is 19.3 Å². The summed E-state index contributed by atoms with van der Waals surface area (Å²) in [5.41, 5.74) is 7.57. The van der Waals surface area contributed by atoms with Crippen LogP contribution in [0.3, 0.4) is 0 Å². The van der Waals surface area contributed by atoms with Crippen LogP contribution < -0.4 is 10.6 Å². The second-order valence-corrected chi connectivity index (χ2v) is 5.05. The zero-order chi connectivity index (χ0) is 13.8. The highest BCUT2D eigenvalue weighted by Crippen LogP contribution is 2.29. The average molecular weight is 264 g/mol. The number of nitrogens with zero attached hydrogens (tertiary/aromatic N) is 1. The molecular formula is C14H20N2O3. The highest BCUT2D eigenvalue weighted by atomic mass is 16.4. The average Bonchev–Trinajstić information content (AvgIpc) is 2.39. The third-order valence-corrected chi connectivity index (χ3v) is 3.67. The van der Waals surface area contributed by atoms with Crippen LogP contribution in [-0.4, -0.2) is 35.9 Å². The van der Waals surface area contributed by atoms with Gasteiger partial charge in [0.2, 0.25) is 0 Å². The Morgan fingerprint density at radius 3 is 2.89 bits per heavy atom. The van der Waals surface area contributed by atoms with Gasteiger partial charge in [0.25, 0.3) is 0 Å². The monoisotopic (exact) mass is 264 g/mol. The summed E-state index contributed by atoms with van der Waals surface area (Å²) in [5, 5.41) is 17.9. The molecule has 1 atom stereocenters. The minimum Gasteiger partial charge on any atom is -0.478 e. The number of aliphatic hydroxyl groups excluding tert-OH is 1. The van der Waals surface area contributed by atoms with E-state index >= 15 is 0 Å². The Kier molecular flexibility index (Phi) is 4.27. The van der Waals surface area contributed by atoms with Gasteiger partial charge in [-0.05, 0) is 43.4 Å². The second kappa shape index (κ2) is 5.93. The van der Waals surface area contributed by atoms with Gasteiger partial charge in [0.1, 0.15) is 0 Å². The fourth-order valence-corrected chi connectivity index (χ4v) is 2.68. The van der Waals surface area contributed by atoms with Gasteiger partial charge >= 0.3 is 5.97 Å². The van der Waals surface area contributed by atoms with Gasteiger partial charge in [-0.3, -0.25) is 0 Å². The topological polar surface area (TPSA) is 86.8 Å². The number of carboxylic acid groups (broad SMARTS) is 1. The smallest absolute Gasteiger partial charge is 0.335 e. The third-order valence-electron chi connectivity index (χ3n) is 3.67. The summed E-state index contributed by atoms with van der Waals surface area (Å²) in [7, 11) is 0. The first-order valence-corrected chi connectivity index (χ1v) is 6.60. The number of aliphatic hydroxyl groups is 1. The quantitative estimate of drug-likeness (QED) is 0.718. The Labute approximate surface area is 112 Å². The summed E-state index contributed by atoms with van der Waals surface area (Å²) in [6.07, 6.45) is 3.01. The Bertz CT molecular complexity index is 460. The van der Waals surface area contributed by atoms with Gasteiger partial charge in [-0.25, -0.2) is 4.79 Å². The summed E-state index contributed by atoms with van der Waals surface area (Å²) in [4.78, 5) is 13.1. The first-order chi connectivity index (χ1) is 9.11. The van der Waals surface area contributed by atoms with Gasteiger partial charge in [0.15, 0.2) is 0 Å². The summed E-state index contributed by atoms with van der Waals surface area (Å²) >= 11 is 0. The number of aromatic carboxylic acids is 1. The zero-order valence-corrected chi connectivity index (χ0v) is 10.9. The van der Waals surface area contributed by atoms with E-state index in [-0.39, 0.29) is 12.2 Å². The fraction of sp³-hybridized carbons (Fsp3) is 0.500. The van der Waals surface area contributed by atoms with Crippen LogP contribution in [-0.2, 0) is 0 Å². The van der Waals surface area contributed by atoms with Gasteiger partial charge in [0.05, 0.1) is 16.9 Å². The minimum absolute atomic E-state index is 0.213. The SMILES string of the molecule is Nc1cc(C(=O)O)ccc1N1CCCC(CCO)C1. The molecular weight excluding hydrogens is 244 g/mol. The molecule has 0 aromatic heterocycles. The molecule has 0 radical (unpaired) electrons. The maximum Gasteiger partial charge on any atom is 0.335 e. The molecule has 1 aliphatic heterocycles. The van der Waals surface area contributed by atoms with E-state index in [4.69, 9.17) is 15.9 Å². The van der Waals surface area contributed by atoms with Gasteiger partial charge in [-0.15, -0.1) is 0 Å². The standard InChI is InChI=1S/C14H20N2O3/c15-12-8-11(14(18)19)3-4-13(12)16-6-1-2-10(9-16)5-7-17/h3-4,8,10,17H,1-2,5-7,9,15H2,(H,18,19). The number of hydrogen-bond donors (Lipinski definition) is 3. The lowest BCUT2D eigenvalue weighted by molar-refractivity contribution is 0.0697. The molecule has 0 aliphatic carbocycles. The van der Waals surface area contributed by atoms with E-state index in [0.29, 0.717) is 11.6 Å². The minimum atomic E-state index is -0.963. The molecule has 1 aliphatic rings. The normalized spacial score (nSPS) is 19.4. The molecule has 1 unspecified atom stereocenters. The van der Waals surface area contributed by atoms with Crippen LogP contribution in [0, 0.1) is 5.92 Å². The van der Waals surface area contributed by atoms with Crippen LogP contribution in [0.1, 0.15) is 29.6 Å². The van der Waals surface area contributed by atoms with Crippen LogP contribution in [0.4, 0.5) is 11.4 Å². The third kappa shape index (κ3) is 3.17. The number of rotatable bonds is 4. The summed E-state index contributed by atoms with van der Waals surface area (Å²) in [6.45, 7) is 2.02. The van der Waals surface area contributed by atoms with Crippen LogP contribution in [0.15, 0.2) is 18.2 Å². The highest BCUT2D eigenvalue weighted by Gasteiger charge is 2.21. The predicted octanol–water partition coefficient (Wildman–Crippen LogP) is 1.57. The number of nitrogens with two attached hydrogens (primary N) is 1. The molecule has 1 heterocycles. The number of benzene rings is 1. The Morgan fingerprint density at radius 2 is 2.26 bits per heavy atom. The van der Waals surface area contributed by atoms with Gasteiger partial charge in [-0.1, -0.05) is 0 Å². The van der Waals surface area contributed by atoms with Crippen molar-refractivity contribution in [2.24, 2.45) is 5.92 Å². The molecule has 2 rings (SSSR count). The molecule has 1 fully saturated rings. The summed E-state index contributed by atoms with van der Waals surface area (Å²) in [6, 6.07) is 4.87. The van der Waals surface area contributed by atoms with E-state index in [1.165, 1.54) is 6.07 Å². The van der Waals surface area contributed by atoms with Crippen molar-refractivity contribution in [3.05, 3.63) is 23.8 Å². The highest BCUT2D eigenvalue weighted by molar-refractivity contribution is 5.90. The molecule has 4 N–H and O–H groups in total. The molecule has 5 heteroatoms. The molecule has 104 valence electrons. The van der Waals surface area contributed by atoms with E-state index < -0.39 is 5.97 Å². The fourth-order valence-electron chi connectivity index (χ4n) is 2.68. The summed E-state index contributed by atoms with van der Waals surface area (Å²) < 4.78 is 0. The molecule has 0 saturated carbocycles. The first kappa shape index (κ1) is 13.7. The predicted molar refractivity (Wildman–Crippen MR) is 74.5 cm³/mol.